The molecule has 2 aromatic carbocycles. The van der Waals surface area contributed by atoms with Gasteiger partial charge >= 0.3 is 12.1 Å². The van der Waals surface area contributed by atoms with Crippen molar-refractivity contribution in [1.82, 2.24) is 10.7 Å². The van der Waals surface area contributed by atoms with Gasteiger partial charge in [-0.05, 0) is 54.5 Å². The van der Waals surface area contributed by atoms with Gasteiger partial charge in [0.25, 0.3) is 0 Å². The van der Waals surface area contributed by atoms with Crippen LogP contribution in [0.5, 0.6) is 5.75 Å². The number of carbonyl (C=O) groups excluding carboxylic acids is 2. The number of esters is 1. The zero-order valence-electron chi connectivity index (χ0n) is 26.0. The van der Waals surface area contributed by atoms with Crippen molar-refractivity contribution in [3.05, 3.63) is 89.5 Å². The van der Waals surface area contributed by atoms with Gasteiger partial charge in [0.15, 0.2) is 0 Å². The van der Waals surface area contributed by atoms with E-state index in [2.05, 4.69) is 10.2 Å². The van der Waals surface area contributed by atoms with E-state index in [1.54, 1.807) is 30.3 Å². The predicted molar refractivity (Wildman–Crippen MR) is 163 cm³/mol. The summed E-state index contributed by atoms with van der Waals surface area (Å²) in [6, 6.07) is 11.1. The molecule has 3 rings (SSSR count). The lowest BCUT2D eigenvalue weighted by atomic mass is 9.89. The molecular formula is C33H41F3N2O10. The highest BCUT2D eigenvalue weighted by molar-refractivity contribution is 5.81. The summed E-state index contributed by atoms with van der Waals surface area (Å²) in [5.74, 6) is -1.79. The van der Waals surface area contributed by atoms with E-state index in [4.69, 9.17) is 19.9 Å². The molecule has 2 aromatic rings. The summed E-state index contributed by atoms with van der Waals surface area (Å²) in [6.07, 6.45) is 1.21. The molecule has 0 aliphatic heterocycles. The van der Waals surface area contributed by atoms with E-state index in [9.17, 15) is 38.1 Å². The van der Waals surface area contributed by atoms with Gasteiger partial charge in [0.1, 0.15) is 31.6 Å². The molecule has 0 radical (unpaired) electrons. The van der Waals surface area contributed by atoms with E-state index >= 15 is 0 Å². The van der Waals surface area contributed by atoms with Crippen LogP contribution in [0.2, 0.25) is 0 Å². The third kappa shape index (κ3) is 13.7. The number of halogens is 3. The molecule has 12 nitrogen and oxygen atoms in total. The van der Waals surface area contributed by atoms with Crippen molar-refractivity contribution in [2.75, 3.05) is 13.2 Å². The Kier molecular flexibility index (Phi) is 15.5. The SMILES string of the molecule is O=C(CCC/C=C\C[C@@H]1[C@@H](/C=C/[C@@H](O)COc2cccc(C(F)(F)F)c2)[C@H](O)C[C@@H]1O)NCC(=O)OCc1cccc(CON(O)O)c1. The average molecular weight is 683 g/mol. The average Bonchev–Trinajstić information content (AvgIpc) is 3.32. The Balaban J connectivity index is 1.33. The molecule has 0 bridgehead atoms. The lowest BCUT2D eigenvalue weighted by Gasteiger charge is -2.19. The molecule has 0 unspecified atom stereocenters. The quantitative estimate of drug-likeness (QED) is 0.0583. The normalized spacial score (nSPS) is 20.4. The number of hydrogen-bond acceptors (Lipinski definition) is 11. The summed E-state index contributed by atoms with van der Waals surface area (Å²) in [4.78, 5) is 28.7. The molecule has 0 heterocycles. The Hall–Kier alpha value is -3.83. The number of aliphatic hydroxyl groups is 3. The van der Waals surface area contributed by atoms with Crippen LogP contribution in [0.15, 0.2) is 72.8 Å². The van der Waals surface area contributed by atoms with Crippen LogP contribution in [0.25, 0.3) is 0 Å². The van der Waals surface area contributed by atoms with E-state index < -0.39 is 47.3 Å². The molecule has 5 atom stereocenters. The van der Waals surface area contributed by atoms with Crippen LogP contribution >= 0.6 is 0 Å². The molecule has 1 aliphatic carbocycles. The number of aliphatic hydroxyl groups excluding tert-OH is 3. The standard InChI is InChI=1S/C33H41F3N2O10/c34-33(35,36)24-9-6-10-26(16-24)46-21-25(39)13-14-28-27(29(40)17-30(28)41)11-3-1-2-4-12-31(42)37-18-32(43)47-19-22-7-5-8-23(15-22)20-48-38(44)45/h1,3,5-10,13-16,25,27-30,39-41,44-45H,2,4,11-12,17-21H2,(H,37,42)/b3-1-,14-13+/t25-,27-,28-,29+,30-/m1/s1. The molecule has 1 aliphatic rings. The van der Waals surface area contributed by atoms with Gasteiger partial charge in [-0.3, -0.25) is 20.0 Å². The molecule has 1 saturated carbocycles. The van der Waals surface area contributed by atoms with Crippen LogP contribution in [0.1, 0.15) is 48.8 Å². The zero-order valence-corrected chi connectivity index (χ0v) is 26.0. The van der Waals surface area contributed by atoms with E-state index in [1.165, 1.54) is 18.2 Å². The number of rotatable bonds is 18. The van der Waals surface area contributed by atoms with Crippen LogP contribution in [-0.4, -0.2) is 74.5 Å². The van der Waals surface area contributed by atoms with Crippen LogP contribution in [0, 0.1) is 11.8 Å². The fraction of sp³-hybridized carbons (Fsp3) is 0.455. The molecule has 6 N–H and O–H groups in total. The summed E-state index contributed by atoms with van der Waals surface area (Å²) in [6.45, 7) is -0.752. The van der Waals surface area contributed by atoms with Crippen molar-refractivity contribution in [2.24, 2.45) is 11.8 Å². The zero-order chi connectivity index (χ0) is 35.1. The van der Waals surface area contributed by atoms with Crippen molar-refractivity contribution < 1.29 is 62.8 Å². The number of ether oxygens (including phenoxy) is 2. The summed E-state index contributed by atoms with van der Waals surface area (Å²) in [7, 11) is 0. The maximum absolute atomic E-state index is 12.9. The van der Waals surface area contributed by atoms with E-state index in [-0.39, 0.29) is 56.8 Å². The van der Waals surface area contributed by atoms with Gasteiger partial charge in [-0.1, -0.05) is 54.6 Å². The third-order valence-electron chi connectivity index (χ3n) is 7.57. The molecule has 0 aromatic heterocycles. The first kappa shape index (κ1) is 38.6. The highest BCUT2D eigenvalue weighted by Crippen LogP contribution is 2.36. The molecule has 48 heavy (non-hydrogen) atoms. The first-order valence-electron chi connectivity index (χ1n) is 15.3. The van der Waals surface area contributed by atoms with Crippen LogP contribution in [0.4, 0.5) is 13.2 Å². The monoisotopic (exact) mass is 682 g/mol. The lowest BCUT2D eigenvalue weighted by Crippen LogP contribution is -2.30. The molecule has 15 heteroatoms. The van der Waals surface area contributed by atoms with Crippen LogP contribution in [-0.2, 0) is 38.6 Å². The number of amides is 1. The van der Waals surface area contributed by atoms with Gasteiger partial charge in [0, 0.05) is 18.8 Å². The van der Waals surface area contributed by atoms with Crippen LogP contribution in [0.3, 0.4) is 0 Å². The van der Waals surface area contributed by atoms with E-state index in [0.717, 1.165) is 12.1 Å². The second kappa shape index (κ2) is 19.2. The lowest BCUT2D eigenvalue weighted by molar-refractivity contribution is -0.497. The van der Waals surface area contributed by atoms with Crippen LogP contribution < -0.4 is 10.1 Å². The molecule has 0 spiro atoms. The van der Waals surface area contributed by atoms with Gasteiger partial charge in [0.2, 0.25) is 5.91 Å². The van der Waals surface area contributed by atoms with Gasteiger partial charge in [0.05, 0.1) is 29.8 Å². The number of hydrogen-bond donors (Lipinski definition) is 6. The number of nitrogens with one attached hydrogen (secondary N) is 1. The summed E-state index contributed by atoms with van der Waals surface area (Å²) in [5.41, 5.74) is 0.397. The van der Waals surface area contributed by atoms with Crippen molar-refractivity contribution in [3.63, 3.8) is 0 Å². The maximum Gasteiger partial charge on any atom is 0.416 e. The fourth-order valence-corrected chi connectivity index (χ4v) is 5.13. The predicted octanol–water partition coefficient (Wildman–Crippen LogP) is 3.85. The summed E-state index contributed by atoms with van der Waals surface area (Å²) in [5, 5.41) is 50.5. The smallest absolute Gasteiger partial charge is 0.416 e. The Morgan fingerprint density at radius 2 is 1.75 bits per heavy atom. The van der Waals surface area contributed by atoms with Crippen molar-refractivity contribution in [3.8, 4) is 5.75 Å². The van der Waals surface area contributed by atoms with E-state index in [1.807, 2.05) is 12.2 Å². The first-order valence-corrected chi connectivity index (χ1v) is 15.3. The Labute approximate surface area is 275 Å². The maximum atomic E-state index is 12.9. The van der Waals surface area contributed by atoms with Crippen molar-refractivity contribution in [1.29, 1.82) is 0 Å². The highest BCUT2D eigenvalue weighted by atomic mass is 19.4. The van der Waals surface area contributed by atoms with Gasteiger partial charge < -0.3 is 30.1 Å². The minimum Gasteiger partial charge on any atom is -0.491 e. The Morgan fingerprint density at radius 1 is 1.02 bits per heavy atom. The molecule has 0 saturated heterocycles. The Morgan fingerprint density at radius 3 is 2.48 bits per heavy atom. The number of alkyl halides is 3. The molecule has 1 fully saturated rings. The van der Waals surface area contributed by atoms with Gasteiger partial charge in [-0.2, -0.15) is 13.2 Å². The molecular weight excluding hydrogens is 641 g/mol. The topological polar surface area (TPSA) is 178 Å². The van der Waals surface area contributed by atoms with Gasteiger partial charge in [-0.15, -0.1) is 0 Å². The number of benzene rings is 2. The third-order valence-corrected chi connectivity index (χ3v) is 7.57. The Bertz CT molecular complexity index is 1370. The summed E-state index contributed by atoms with van der Waals surface area (Å²) >= 11 is 0. The summed E-state index contributed by atoms with van der Waals surface area (Å²) < 4.78 is 49.1. The highest BCUT2D eigenvalue weighted by Gasteiger charge is 2.39. The van der Waals surface area contributed by atoms with E-state index in [0.29, 0.717) is 30.4 Å². The molecule has 264 valence electrons. The first-order chi connectivity index (χ1) is 22.8. The minimum absolute atomic E-state index is 0.0418. The molecule has 1 amide bonds. The number of allylic oxidation sites excluding steroid dienone is 2. The van der Waals surface area contributed by atoms with Crippen molar-refractivity contribution in [2.45, 2.75) is 69.8 Å². The van der Waals surface area contributed by atoms with Gasteiger partial charge in [-0.25, -0.2) is 4.84 Å². The fourth-order valence-electron chi connectivity index (χ4n) is 5.13. The second-order valence-corrected chi connectivity index (χ2v) is 11.3. The number of unbranched alkanes of at least 4 members (excludes halogenated alkanes) is 1. The second-order valence-electron chi connectivity index (χ2n) is 11.3. The number of carbonyl (C=O) groups is 2. The number of nitrogens with zero attached hydrogens (tertiary/aromatic N) is 1. The van der Waals surface area contributed by atoms with Crippen molar-refractivity contribution >= 4 is 11.9 Å². The minimum atomic E-state index is -4.52. The largest absolute Gasteiger partial charge is 0.491 e.